The Morgan fingerprint density at radius 2 is 2.08 bits per heavy atom. The second-order valence-corrected chi connectivity index (χ2v) is 8.37. The van der Waals surface area contributed by atoms with Gasteiger partial charge in [0.1, 0.15) is 12.3 Å². The highest BCUT2D eigenvalue weighted by atomic mass is 79.9. The van der Waals surface area contributed by atoms with E-state index in [0.29, 0.717) is 5.91 Å². The van der Waals surface area contributed by atoms with E-state index in [9.17, 15) is 4.79 Å². The van der Waals surface area contributed by atoms with Crippen LogP contribution in [-0.2, 0) is 11.3 Å². The van der Waals surface area contributed by atoms with Crippen LogP contribution < -0.4 is 14.5 Å². The van der Waals surface area contributed by atoms with E-state index in [1.165, 1.54) is 15.4 Å². The van der Waals surface area contributed by atoms with Gasteiger partial charge in [0, 0.05) is 10.0 Å². The molecule has 1 unspecified atom stereocenters. The first kappa shape index (κ1) is 18.7. The Morgan fingerprint density at radius 1 is 1.32 bits per heavy atom. The third-order valence-corrected chi connectivity index (χ3v) is 6.07. The van der Waals surface area contributed by atoms with Gasteiger partial charge in [0.05, 0.1) is 59.3 Å². The lowest BCUT2D eigenvalue weighted by atomic mass is 9.95. The number of piperazine rings is 1. The minimum absolute atomic E-state index is 0.181. The number of halogens is 1. The summed E-state index contributed by atoms with van der Waals surface area (Å²) in [6.45, 7) is 6.96. The number of hydrogen-bond acceptors (Lipinski definition) is 2. The zero-order chi connectivity index (χ0) is 17.8. The molecule has 3 rings (SSSR count). The lowest BCUT2D eigenvalue weighted by Gasteiger charge is -2.35. The molecule has 0 bridgehead atoms. The maximum absolute atomic E-state index is 12.9. The highest BCUT2D eigenvalue weighted by molar-refractivity contribution is 9.10. The SMILES string of the molecule is COc1ccc(Br)cc1C[NH+]1CCC[C@@H](C(=O)N2CC[NH+](C)CC2)C1. The van der Waals surface area contributed by atoms with Crippen LogP contribution in [-0.4, -0.2) is 64.2 Å². The number of methoxy groups -OCH3 is 1. The van der Waals surface area contributed by atoms with Crippen molar-refractivity contribution < 1.29 is 19.3 Å². The summed E-state index contributed by atoms with van der Waals surface area (Å²) in [5, 5.41) is 0. The van der Waals surface area contributed by atoms with Crippen molar-refractivity contribution >= 4 is 21.8 Å². The molecule has 2 N–H and O–H groups in total. The van der Waals surface area contributed by atoms with Crippen molar-refractivity contribution in [2.75, 3.05) is 53.4 Å². The van der Waals surface area contributed by atoms with Gasteiger partial charge in [0.15, 0.2) is 0 Å². The zero-order valence-electron chi connectivity index (χ0n) is 15.3. The van der Waals surface area contributed by atoms with Gasteiger partial charge in [-0.05, 0) is 31.0 Å². The third-order valence-electron chi connectivity index (χ3n) is 5.58. The second-order valence-electron chi connectivity index (χ2n) is 7.46. The average molecular weight is 412 g/mol. The number of nitrogens with one attached hydrogen (secondary N) is 2. The van der Waals surface area contributed by atoms with Gasteiger partial charge < -0.3 is 19.4 Å². The summed E-state index contributed by atoms with van der Waals surface area (Å²) in [7, 11) is 3.93. The second kappa shape index (κ2) is 8.52. The van der Waals surface area contributed by atoms with Gasteiger partial charge in [0.25, 0.3) is 0 Å². The molecule has 2 aliphatic rings. The van der Waals surface area contributed by atoms with Gasteiger partial charge in [-0.15, -0.1) is 0 Å². The fourth-order valence-electron chi connectivity index (χ4n) is 4.04. The van der Waals surface area contributed by atoms with Crippen LogP contribution in [0.25, 0.3) is 0 Å². The summed E-state index contributed by atoms with van der Waals surface area (Å²) in [6.07, 6.45) is 2.16. The van der Waals surface area contributed by atoms with Crippen LogP contribution >= 0.6 is 15.9 Å². The molecule has 0 spiro atoms. The van der Waals surface area contributed by atoms with Crippen LogP contribution in [0.2, 0.25) is 0 Å². The Kier molecular flexibility index (Phi) is 6.36. The number of benzene rings is 1. The van der Waals surface area contributed by atoms with Crippen LogP contribution in [0, 0.1) is 5.92 Å². The standard InChI is InChI=1S/C19H28BrN3O2/c1-21-8-10-23(11-9-21)19(24)15-4-3-7-22(13-15)14-16-12-17(20)5-6-18(16)25-2/h5-6,12,15H,3-4,7-11,13-14H2,1-2H3/p+2/t15-/m1/s1. The van der Waals surface area contributed by atoms with Gasteiger partial charge in [-0.2, -0.15) is 0 Å². The smallest absolute Gasteiger partial charge is 0.231 e. The van der Waals surface area contributed by atoms with Gasteiger partial charge in [-0.1, -0.05) is 15.9 Å². The summed E-state index contributed by atoms with van der Waals surface area (Å²) in [6, 6.07) is 6.16. The van der Waals surface area contributed by atoms with E-state index in [2.05, 4.69) is 33.9 Å². The highest BCUT2D eigenvalue weighted by Gasteiger charge is 2.33. The Labute approximate surface area is 159 Å². The molecule has 25 heavy (non-hydrogen) atoms. The molecule has 1 aromatic rings. The lowest BCUT2D eigenvalue weighted by molar-refractivity contribution is -0.921. The number of hydrogen-bond donors (Lipinski definition) is 2. The molecule has 0 aromatic heterocycles. The van der Waals surface area contributed by atoms with E-state index >= 15 is 0 Å². The Bertz CT molecular complexity index is 602. The molecule has 0 aliphatic carbocycles. The minimum Gasteiger partial charge on any atom is -0.496 e. The molecule has 138 valence electrons. The zero-order valence-corrected chi connectivity index (χ0v) is 16.9. The van der Waals surface area contributed by atoms with Crippen molar-refractivity contribution in [3.63, 3.8) is 0 Å². The Morgan fingerprint density at radius 3 is 2.80 bits per heavy atom. The number of likely N-dealkylation sites (tertiary alicyclic amines) is 1. The van der Waals surface area contributed by atoms with Gasteiger partial charge in [-0.25, -0.2) is 0 Å². The molecule has 2 aliphatic heterocycles. The molecule has 2 saturated heterocycles. The topological polar surface area (TPSA) is 38.4 Å². The molecular formula is C19H30BrN3O2+2. The highest BCUT2D eigenvalue weighted by Crippen LogP contribution is 2.22. The number of rotatable bonds is 4. The number of nitrogens with zero attached hydrogens (tertiary/aromatic N) is 1. The number of quaternary nitrogens is 2. The molecule has 2 fully saturated rings. The van der Waals surface area contributed by atoms with Crippen LogP contribution in [0.1, 0.15) is 18.4 Å². The van der Waals surface area contributed by atoms with E-state index in [0.717, 1.165) is 68.9 Å². The van der Waals surface area contributed by atoms with Crippen LogP contribution in [0.4, 0.5) is 0 Å². The largest absolute Gasteiger partial charge is 0.496 e. The normalized spacial score (nSPS) is 25.0. The Hall–Kier alpha value is -1.11. The predicted octanol–water partition coefficient (Wildman–Crippen LogP) is -0.390. The molecule has 1 amide bonds. The van der Waals surface area contributed by atoms with Crippen molar-refractivity contribution in [2.24, 2.45) is 5.92 Å². The van der Waals surface area contributed by atoms with Gasteiger partial charge >= 0.3 is 0 Å². The first-order valence-electron chi connectivity index (χ1n) is 9.33. The number of ether oxygens (including phenoxy) is 1. The molecule has 0 radical (unpaired) electrons. The number of piperidine rings is 1. The summed E-state index contributed by atoms with van der Waals surface area (Å²) in [5.74, 6) is 1.50. The number of amides is 1. The van der Waals surface area contributed by atoms with Gasteiger partial charge in [0.2, 0.25) is 5.91 Å². The quantitative estimate of drug-likeness (QED) is 0.707. The van der Waals surface area contributed by atoms with Crippen LogP contribution in [0.3, 0.4) is 0 Å². The van der Waals surface area contributed by atoms with E-state index in [-0.39, 0.29) is 5.92 Å². The van der Waals surface area contributed by atoms with Crippen molar-refractivity contribution in [2.45, 2.75) is 19.4 Å². The van der Waals surface area contributed by atoms with Crippen molar-refractivity contribution in [3.8, 4) is 5.75 Å². The average Bonchev–Trinajstić information content (AvgIpc) is 2.62. The van der Waals surface area contributed by atoms with E-state index in [1.807, 2.05) is 12.1 Å². The Balaban J connectivity index is 1.61. The van der Waals surface area contributed by atoms with Crippen molar-refractivity contribution in [1.29, 1.82) is 0 Å². The molecule has 0 saturated carbocycles. The fourth-order valence-corrected chi connectivity index (χ4v) is 4.45. The molecule has 1 aromatic carbocycles. The number of carbonyl (C=O) groups excluding carboxylic acids is 1. The van der Waals surface area contributed by atoms with Crippen LogP contribution in [0.15, 0.2) is 22.7 Å². The molecule has 6 heteroatoms. The van der Waals surface area contributed by atoms with Crippen molar-refractivity contribution in [3.05, 3.63) is 28.2 Å². The van der Waals surface area contributed by atoms with Crippen molar-refractivity contribution in [1.82, 2.24) is 4.90 Å². The molecular weight excluding hydrogens is 382 g/mol. The summed E-state index contributed by atoms with van der Waals surface area (Å²) < 4.78 is 6.59. The lowest BCUT2D eigenvalue weighted by Crippen LogP contribution is -3.13. The first-order valence-corrected chi connectivity index (χ1v) is 10.1. The summed E-state index contributed by atoms with van der Waals surface area (Å²) >= 11 is 3.55. The summed E-state index contributed by atoms with van der Waals surface area (Å²) in [5.41, 5.74) is 1.21. The van der Waals surface area contributed by atoms with E-state index in [1.54, 1.807) is 7.11 Å². The molecule has 5 nitrogen and oxygen atoms in total. The van der Waals surface area contributed by atoms with Crippen LogP contribution in [0.5, 0.6) is 5.75 Å². The monoisotopic (exact) mass is 411 g/mol. The maximum Gasteiger partial charge on any atom is 0.231 e. The van der Waals surface area contributed by atoms with Gasteiger partial charge in [-0.3, -0.25) is 4.79 Å². The van der Waals surface area contributed by atoms with E-state index < -0.39 is 0 Å². The number of carbonyl (C=O) groups is 1. The summed E-state index contributed by atoms with van der Waals surface area (Å²) in [4.78, 5) is 18.0. The maximum atomic E-state index is 12.9. The van der Waals surface area contributed by atoms with E-state index in [4.69, 9.17) is 4.74 Å². The number of likely N-dealkylation sites (N-methyl/N-ethyl adjacent to an activating group) is 1. The molecule has 2 atom stereocenters. The first-order chi connectivity index (χ1) is 12.1. The minimum atomic E-state index is 0.181. The predicted molar refractivity (Wildman–Crippen MR) is 101 cm³/mol. The fraction of sp³-hybridized carbons (Fsp3) is 0.632. The third kappa shape index (κ3) is 4.74. The molecule has 2 heterocycles.